The summed E-state index contributed by atoms with van der Waals surface area (Å²) in [7, 11) is 0. The quantitative estimate of drug-likeness (QED) is 0.781. The minimum Gasteiger partial charge on any atom is -0.295 e. The van der Waals surface area contributed by atoms with Crippen LogP contribution in [0.2, 0.25) is 0 Å². The highest BCUT2D eigenvalue weighted by Crippen LogP contribution is 2.39. The molecule has 1 fully saturated rings. The monoisotopic (exact) mass is 406 g/mol. The molecule has 1 amide bonds. The Balaban J connectivity index is 1.50. The van der Waals surface area contributed by atoms with Gasteiger partial charge in [0.15, 0.2) is 5.82 Å². The minimum absolute atomic E-state index is 0.0488. The van der Waals surface area contributed by atoms with E-state index in [1.165, 1.54) is 6.20 Å². The first-order chi connectivity index (χ1) is 13.8. The van der Waals surface area contributed by atoms with Crippen LogP contribution < -0.4 is 4.90 Å². The van der Waals surface area contributed by atoms with Gasteiger partial charge in [-0.15, -0.1) is 0 Å². The molecule has 0 saturated carbocycles. The second kappa shape index (κ2) is 7.25. The number of carbonyl (C=O) groups excluding carboxylic acids is 1. The molecule has 2 aliphatic heterocycles. The van der Waals surface area contributed by atoms with E-state index in [2.05, 4.69) is 20.0 Å². The third-order valence-corrected chi connectivity index (χ3v) is 5.58. The van der Waals surface area contributed by atoms with Crippen molar-refractivity contribution in [2.75, 3.05) is 11.4 Å². The van der Waals surface area contributed by atoms with Crippen molar-refractivity contribution in [3.05, 3.63) is 48.7 Å². The molecule has 0 bridgehead atoms. The normalized spacial score (nSPS) is 25.3. The number of carbonyl (C=O) groups is 1. The van der Waals surface area contributed by atoms with Gasteiger partial charge in [-0.2, -0.15) is 18.3 Å². The molecule has 0 unspecified atom stereocenters. The van der Waals surface area contributed by atoms with E-state index in [0.717, 1.165) is 4.68 Å². The smallest absolute Gasteiger partial charge is 0.295 e. The lowest BCUT2D eigenvalue weighted by atomic mass is 9.83. The lowest BCUT2D eigenvalue weighted by molar-refractivity contribution is -0.143. The molecular weight excluding hydrogens is 385 g/mol. The van der Waals surface area contributed by atoms with Crippen molar-refractivity contribution in [3.63, 3.8) is 0 Å². The third-order valence-electron chi connectivity index (χ3n) is 5.58. The molecule has 7 nitrogen and oxygen atoms in total. The summed E-state index contributed by atoms with van der Waals surface area (Å²) in [6, 6.07) is 1.67. The van der Waals surface area contributed by atoms with Gasteiger partial charge >= 0.3 is 6.18 Å². The maximum atomic E-state index is 12.8. The molecule has 2 aliphatic rings. The third kappa shape index (κ3) is 3.89. The number of likely N-dealkylation sites (tertiary alicyclic amines) is 1. The molecule has 2 atom stereocenters. The first-order valence-electron chi connectivity index (χ1n) is 9.38. The summed E-state index contributed by atoms with van der Waals surface area (Å²) in [5.74, 6) is 0.376. The maximum absolute atomic E-state index is 12.8. The van der Waals surface area contributed by atoms with Gasteiger partial charge in [-0.25, -0.2) is 4.98 Å². The Kier molecular flexibility index (Phi) is 4.89. The standard InChI is InChI=1S/C19H21F3N6O/c1-14-10-18(4-2-17(29)28(18)16-11-23-7-8-24-16)5-9-26(14)12-15-3-6-25-27(15)13-19(20,21)22/h2-4,6-8,11,14H,5,9-10,12-13H2,1H3/t14-,18+/m0/s1. The van der Waals surface area contributed by atoms with Crippen LogP contribution in [-0.2, 0) is 17.9 Å². The topological polar surface area (TPSA) is 67.2 Å². The summed E-state index contributed by atoms with van der Waals surface area (Å²) in [5, 5.41) is 3.82. The van der Waals surface area contributed by atoms with Gasteiger partial charge in [0.05, 0.1) is 17.4 Å². The lowest BCUT2D eigenvalue weighted by Crippen LogP contribution is -2.56. The van der Waals surface area contributed by atoms with Crippen molar-refractivity contribution in [1.29, 1.82) is 0 Å². The molecule has 4 heterocycles. The Morgan fingerprint density at radius 1 is 1.28 bits per heavy atom. The molecule has 154 valence electrons. The number of alkyl halides is 3. The number of hydrogen-bond acceptors (Lipinski definition) is 5. The number of piperidine rings is 1. The van der Waals surface area contributed by atoms with Crippen LogP contribution in [0.15, 0.2) is 43.0 Å². The predicted molar refractivity (Wildman–Crippen MR) is 98.8 cm³/mol. The van der Waals surface area contributed by atoms with Crippen molar-refractivity contribution >= 4 is 11.7 Å². The van der Waals surface area contributed by atoms with Gasteiger partial charge in [0.2, 0.25) is 0 Å². The number of halogens is 3. The molecule has 1 saturated heterocycles. The van der Waals surface area contributed by atoms with E-state index < -0.39 is 18.3 Å². The van der Waals surface area contributed by atoms with E-state index in [1.54, 1.807) is 35.6 Å². The molecule has 10 heteroatoms. The molecule has 2 aromatic rings. The Bertz CT molecular complexity index is 912. The molecular formula is C19H21F3N6O. The lowest BCUT2D eigenvalue weighted by Gasteiger charge is -2.47. The number of aromatic nitrogens is 4. The van der Waals surface area contributed by atoms with Gasteiger partial charge in [0, 0.05) is 43.8 Å². The van der Waals surface area contributed by atoms with Gasteiger partial charge in [-0.05, 0) is 25.8 Å². The van der Waals surface area contributed by atoms with Crippen molar-refractivity contribution < 1.29 is 18.0 Å². The van der Waals surface area contributed by atoms with Gasteiger partial charge in [0.25, 0.3) is 5.91 Å². The molecule has 4 rings (SSSR count). The average molecular weight is 406 g/mol. The van der Waals surface area contributed by atoms with Gasteiger partial charge in [-0.3, -0.25) is 24.3 Å². The summed E-state index contributed by atoms with van der Waals surface area (Å²) in [4.78, 5) is 24.7. The highest BCUT2D eigenvalue weighted by atomic mass is 19.4. The maximum Gasteiger partial charge on any atom is 0.408 e. The second-order valence-electron chi connectivity index (χ2n) is 7.54. The summed E-state index contributed by atoms with van der Waals surface area (Å²) >= 11 is 0. The van der Waals surface area contributed by atoms with E-state index in [1.807, 2.05) is 13.0 Å². The summed E-state index contributed by atoms with van der Waals surface area (Å²) in [5.41, 5.74) is 0.0313. The van der Waals surface area contributed by atoms with Crippen molar-refractivity contribution in [2.24, 2.45) is 0 Å². The van der Waals surface area contributed by atoms with E-state index in [-0.39, 0.29) is 11.9 Å². The Morgan fingerprint density at radius 2 is 2.10 bits per heavy atom. The Morgan fingerprint density at radius 3 is 2.79 bits per heavy atom. The van der Waals surface area contributed by atoms with Crippen LogP contribution in [-0.4, -0.2) is 54.9 Å². The SMILES string of the molecule is C[C@H]1C[C@@]2(C=CC(=O)N2c2cnccn2)CCN1Cc1ccnn1CC(F)(F)F. The van der Waals surface area contributed by atoms with E-state index in [0.29, 0.717) is 37.4 Å². The van der Waals surface area contributed by atoms with Crippen LogP contribution in [0, 0.1) is 0 Å². The zero-order valence-corrected chi connectivity index (χ0v) is 15.9. The van der Waals surface area contributed by atoms with Gasteiger partial charge in [-0.1, -0.05) is 6.08 Å². The number of nitrogens with zero attached hydrogens (tertiary/aromatic N) is 6. The minimum atomic E-state index is -4.31. The highest BCUT2D eigenvalue weighted by Gasteiger charge is 2.47. The van der Waals surface area contributed by atoms with Crippen LogP contribution in [0.25, 0.3) is 0 Å². The molecule has 0 N–H and O–H groups in total. The van der Waals surface area contributed by atoms with Crippen LogP contribution in [0.1, 0.15) is 25.5 Å². The zero-order chi connectivity index (χ0) is 20.6. The first kappa shape index (κ1) is 19.6. The van der Waals surface area contributed by atoms with Crippen LogP contribution in [0.3, 0.4) is 0 Å². The number of anilines is 1. The number of hydrogen-bond donors (Lipinski definition) is 0. The van der Waals surface area contributed by atoms with Gasteiger partial charge in [0.1, 0.15) is 6.54 Å². The van der Waals surface area contributed by atoms with Crippen molar-refractivity contribution in [2.45, 2.75) is 50.6 Å². The van der Waals surface area contributed by atoms with Crippen LogP contribution >= 0.6 is 0 Å². The summed E-state index contributed by atoms with van der Waals surface area (Å²) in [6.07, 6.45) is 6.55. The first-order valence-corrected chi connectivity index (χ1v) is 9.38. The summed E-state index contributed by atoms with van der Waals surface area (Å²) in [6.45, 7) is 1.93. The van der Waals surface area contributed by atoms with Gasteiger partial charge < -0.3 is 0 Å². The second-order valence-corrected chi connectivity index (χ2v) is 7.54. The number of rotatable bonds is 4. The predicted octanol–water partition coefficient (Wildman–Crippen LogP) is 2.56. The fourth-order valence-electron chi connectivity index (χ4n) is 4.25. The van der Waals surface area contributed by atoms with Crippen molar-refractivity contribution in [3.8, 4) is 0 Å². The summed E-state index contributed by atoms with van der Waals surface area (Å²) < 4.78 is 39.3. The van der Waals surface area contributed by atoms with Crippen LogP contribution in [0.5, 0.6) is 0 Å². The highest BCUT2D eigenvalue weighted by molar-refractivity contribution is 6.05. The van der Waals surface area contributed by atoms with E-state index in [9.17, 15) is 18.0 Å². The molecule has 2 aromatic heterocycles. The van der Waals surface area contributed by atoms with E-state index >= 15 is 0 Å². The molecule has 29 heavy (non-hydrogen) atoms. The molecule has 0 aromatic carbocycles. The number of amides is 1. The zero-order valence-electron chi connectivity index (χ0n) is 15.9. The fourth-order valence-corrected chi connectivity index (χ4v) is 4.25. The molecule has 0 radical (unpaired) electrons. The molecule has 0 aliphatic carbocycles. The Labute approximate surface area is 165 Å². The van der Waals surface area contributed by atoms with Crippen LogP contribution in [0.4, 0.5) is 19.0 Å². The van der Waals surface area contributed by atoms with Crippen molar-refractivity contribution in [1.82, 2.24) is 24.6 Å². The fraction of sp³-hybridized carbons (Fsp3) is 0.474. The van der Waals surface area contributed by atoms with E-state index in [4.69, 9.17) is 0 Å². The largest absolute Gasteiger partial charge is 0.408 e. The molecule has 1 spiro atoms. The Hall–Kier alpha value is -2.75. The average Bonchev–Trinajstić information content (AvgIpc) is 3.21.